The maximum absolute atomic E-state index is 11.8. The van der Waals surface area contributed by atoms with E-state index < -0.39 is 0 Å². The van der Waals surface area contributed by atoms with E-state index in [4.69, 9.17) is 0 Å². The molecule has 3 heteroatoms. The molecule has 28 heavy (non-hydrogen) atoms. The van der Waals surface area contributed by atoms with Gasteiger partial charge in [-0.2, -0.15) is 0 Å². The average Bonchev–Trinajstić information content (AvgIpc) is 2.65. The summed E-state index contributed by atoms with van der Waals surface area (Å²) in [6.45, 7) is 3.67. The van der Waals surface area contributed by atoms with E-state index in [1.807, 2.05) is 19.1 Å². The first kappa shape index (κ1) is 26.5. The molecule has 0 amide bonds. The van der Waals surface area contributed by atoms with Gasteiger partial charge in [0.25, 0.3) is 0 Å². The number of ketones is 3. The minimum atomic E-state index is 0.244. The molecule has 0 aromatic heterocycles. The average molecular weight is 391 g/mol. The fourth-order valence-electron chi connectivity index (χ4n) is 3.10. The number of allylic oxidation sites excluding steroid dienone is 4. The molecule has 0 aliphatic rings. The third kappa shape index (κ3) is 20.8. The molecule has 0 aromatic carbocycles. The predicted octanol–water partition coefficient (Wildman–Crippen LogP) is 7.09. The van der Waals surface area contributed by atoms with Crippen LogP contribution in [-0.2, 0) is 14.4 Å². The largest absolute Gasteiger partial charge is 0.300 e. The van der Waals surface area contributed by atoms with Crippen molar-refractivity contribution >= 4 is 17.3 Å². The second kappa shape index (κ2) is 20.2. The second-order valence-electron chi connectivity index (χ2n) is 7.80. The van der Waals surface area contributed by atoms with Crippen LogP contribution in [0.3, 0.4) is 0 Å². The monoisotopic (exact) mass is 390 g/mol. The van der Waals surface area contributed by atoms with Gasteiger partial charge in [-0.25, -0.2) is 0 Å². The molecule has 0 saturated heterocycles. The molecule has 0 N–H and O–H groups in total. The minimum absolute atomic E-state index is 0.244. The molecule has 3 nitrogen and oxygen atoms in total. The van der Waals surface area contributed by atoms with Crippen molar-refractivity contribution in [3.63, 3.8) is 0 Å². The van der Waals surface area contributed by atoms with Crippen molar-refractivity contribution in [2.75, 3.05) is 0 Å². The summed E-state index contributed by atoms with van der Waals surface area (Å²) < 4.78 is 0. The molecule has 0 unspecified atom stereocenters. The standard InChI is InChI=1S/C25H42O3/c1-3-18-24(27)20-15-11-7-5-4-6-8-12-16-21-25(28)22-17-13-9-10-14-19-23(2)26/h15-16,20-21H,3-14,17-19,22H2,1-2H3/b20-15+,21-16+. The molecular formula is C25H42O3. The number of unbranched alkanes of at least 4 members (excludes halogenated alkanes) is 10. The lowest BCUT2D eigenvalue weighted by molar-refractivity contribution is -0.117. The summed E-state index contributed by atoms with van der Waals surface area (Å²) in [6, 6.07) is 0. The van der Waals surface area contributed by atoms with Gasteiger partial charge in [-0.1, -0.05) is 57.6 Å². The van der Waals surface area contributed by atoms with E-state index in [2.05, 4.69) is 0 Å². The van der Waals surface area contributed by atoms with E-state index in [0.29, 0.717) is 19.3 Å². The molecule has 0 bridgehead atoms. The Kier molecular flexibility index (Phi) is 19.1. The van der Waals surface area contributed by atoms with Crippen molar-refractivity contribution in [3.8, 4) is 0 Å². The molecule has 0 heterocycles. The van der Waals surface area contributed by atoms with Crippen LogP contribution in [0.2, 0.25) is 0 Å². The quantitative estimate of drug-likeness (QED) is 0.165. The number of Topliss-reactive ketones (excluding diaryl/α,β-unsaturated/α-hetero) is 1. The first-order valence-electron chi connectivity index (χ1n) is 11.4. The summed E-state index contributed by atoms with van der Waals surface area (Å²) in [7, 11) is 0. The van der Waals surface area contributed by atoms with Gasteiger partial charge in [-0.15, -0.1) is 0 Å². The number of hydrogen-bond donors (Lipinski definition) is 0. The van der Waals surface area contributed by atoms with Crippen LogP contribution in [0.1, 0.15) is 117 Å². The first-order valence-corrected chi connectivity index (χ1v) is 11.4. The number of hydrogen-bond acceptors (Lipinski definition) is 3. The van der Waals surface area contributed by atoms with E-state index >= 15 is 0 Å². The van der Waals surface area contributed by atoms with Gasteiger partial charge in [0.1, 0.15) is 5.78 Å². The van der Waals surface area contributed by atoms with Gasteiger partial charge < -0.3 is 4.79 Å². The second-order valence-corrected chi connectivity index (χ2v) is 7.80. The van der Waals surface area contributed by atoms with E-state index in [1.165, 1.54) is 19.3 Å². The lowest BCUT2D eigenvalue weighted by Gasteiger charge is -2.00. The molecule has 0 saturated carbocycles. The van der Waals surface area contributed by atoms with E-state index in [-0.39, 0.29) is 17.3 Å². The van der Waals surface area contributed by atoms with Crippen LogP contribution in [0, 0.1) is 0 Å². The van der Waals surface area contributed by atoms with Gasteiger partial charge in [0.15, 0.2) is 11.6 Å². The van der Waals surface area contributed by atoms with Crippen molar-refractivity contribution in [2.24, 2.45) is 0 Å². The van der Waals surface area contributed by atoms with Gasteiger partial charge in [0.2, 0.25) is 0 Å². The molecular weight excluding hydrogens is 348 g/mol. The SMILES string of the molecule is CCCC(=O)/C=C/CCCCCCC/C=C/C(=O)CCCCCCCC(C)=O. The lowest BCUT2D eigenvalue weighted by atomic mass is 10.1. The van der Waals surface area contributed by atoms with Crippen molar-refractivity contribution in [1.82, 2.24) is 0 Å². The molecule has 0 spiro atoms. The highest BCUT2D eigenvalue weighted by Gasteiger charge is 1.98. The molecule has 160 valence electrons. The Hall–Kier alpha value is -1.51. The van der Waals surface area contributed by atoms with Crippen molar-refractivity contribution in [1.29, 1.82) is 0 Å². The van der Waals surface area contributed by atoms with Crippen LogP contribution in [0.15, 0.2) is 24.3 Å². The van der Waals surface area contributed by atoms with Gasteiger partial charge in [0, 0.05) is 19.3 Å². The van der Waals surface area contributed by atoms with Crippen LogP contribution in [0.25, 0.3) is 0 Å². The van der Waals surface area contributed by atoms with Crippen LogP contribution < -0.4 is 0 Å². The summed E-state index contributed by atoms with van der Waals surface area (Å²) in [6.07, 6.45) is 23.6. The van der Waals surface area contributed by atoms with Crippen LogP contribution in [0.5, 0.6) is 0 Å². The highest BCUT2D eigenvalue weighted by atomic mass is 16.1. The Morgan fingerprint density at radius 2 is 1.00 bits per heavy atom. The van der Waals surface area contributed by atoms with Crippen LogP contribution in [-0.4, -0.2) is 17.3 Å². The summed E-state index contributed by atoms with van der Waals surface area (Å²) in [5.41, 5.74) is 0. The third-order valence-electron chi connectivity index (χ3n) is 4.80. The zero-order valence-electron chi connectivity index (χ0n) is 18.3. The van der Waals surface area contributed by atoms with Gasteiger partial charge in [0.05, 0.1) is 0 Å². The molecule has 0 rings (SSSR count). The Morgan fingerprint density at radius 3 is 1.50 bits per heavy atom. The van der Waals surface area contributed by atoms with Gasteiger partial charge in [-0.05, 0) is 64.0 Å². The first-order chi connectivity index (χ1) is 13.6. The Balaban J connectivity index is 3.39. The highest BCUT2D eigenvalue weighted by Crippen LogP contribution is 2.10. The molecule has 0 atom stereocenters. The summed E-state index contributed by atoms with van der Waals surface area (Å²) >= 11 is 0. The molecule has 0 aliphatic heterocycles. The fraction of sp³-hybridized carbons (Fsp3) is 0.720. The Bertz CT molecular complexity index is 474. The molecule has 0 fully saturated rings. The Morgan fingerprint density at radius 1 is 0.571 bits per heavy atom. The van der Waals surface area contributed by atoms with Gasteiger partial charge >= 0.3 is 0 Å². The maximum Gasteiger partial charge on any atom is 0.155 e. The lowest BCUT2D eigenvalue weighted by Crippen LogP contribution is -1.93. The summed E-state index contributed by atoms with van der Waals surface area (Å²) in [5, 5.41) is 0. The van der Waals surface area contributed by atoms with Crippen LogP contribution in [0.4, 0.5) is 0 Å². The van der Waals surface area contributed by atoms with E-state index in [0.717, 1.165) is 64.2 Å². The topological polar surface area (TPSA) is 51.2 Å². The van der Waals surface area contributed by atoms with Crippen LogP contribution >= 0.6 is 0 Å². The molecule has 0 aromatic rings. The van der Waals surface area contributed by atoms with E-state index in [9.17, 15) is 14.4 Å². The Labute approximate surface area is 173 Å². The third-order valence-corrected chi connectivity index (χ3v) is 4.80. The zero-order valence-corrected chi connectivity index (χ0v) is 18.3. The zero-order chi connectivity index (χ0) is 20.9. The summed E-state index contributed by atoms with van der Waals surface area (Å²) in [5.74, 6) is 0.759. The summed E-state index contributed by atoms with van der Waals surface area (Å²) in [4.78, 5) is 33.9. The highest BCUT2D eigenvalue weighted by molar-refractivity contribution is 5.89. The minimum Gasteiger partial charge on any atom is -0.300 e. The smallest absolute Gasteiger partial charge is 0.155 e. The maximum atomic E-state index is 11.8. The van der Waals surface area contributed by atoms with E-state index in [1.54, 1.807) is 19.1 Å². The number of rotatable bonds is 20. The normalized spacial score (nSPS) is 11.5. The number of carbonyl (C=O) groups is 3. The molecule has 0 aliphatic carbocycles. The fourth-order valence-corrected chi connectivity index (χ4v) is 3.10. The van der Waals surface area contributed by atoms with Crippen molar-refractivity contribution in [2.45, 2.75) is 117 Å². The van der Waals surface area contributed by atoms with Crippen molar-refractivity contribution in [3.05, 3.63) is 24.3 Å². The van der Waals surface area contributed by atoms with Gasteiger partial charge in [-0.3, -0.25) is 9.59 Å². The number of carbonyl (C=O) groups excluding carboxylic acids is 3. The van der Waals surface area contributed by atoms with Crippen molar-refractivity contribution < 1.29 is 14.4 Å². The molecule has 0 radical (unpaired) electrons. The predicted molar refractivity (Wildman–Crippen MR) is 119 cm³/mol.